The minimum Gasteiger partial charge on any atom is -0.353 e. The zero-order valence-corrected chi connectivity index (χ0v) is 9.59. The Morgan fingerprint density at radius 1 is 1.40 bits per heavy atom. The number of amides is 1. The van der Waals surface area contributed by atoms with E-state index in [1.807, 2.05) is 0 Å². The van der Waals surface area contributed by atoms with Gasteiger partial charge in [-0.1, -0.05) is 19.8 Å². The van der Waals surface area contributed by atoms with Crippen LogP contribution in [-0.2, 0) is 4.79 Å². The third kappa shape index (κ3) is 2.51. The van der Waals surface area contributed by atoms with Gasteiger partial charge in [0.25, 0.3) is 0 Å². The Labute approximate surface area is 92.0 Å². The van der Waals surface area contributed by atoms with Crippen LogP contribution in [0.15, 0.2) is 0 Å². The lowest BCUT2D eigenvalue weighted by Gasteiger charge is -2.21. The molecule has 1 amide bonds. The Morgan fingerprint density at radius 2 is 2.27 bits per heavy atom. The van der Waals surface area contributed by atoms with Gasteiger partial charge in [-0.2, -0.15) is 0 Å². The molecule has 0 spiro atoms. The van der Waals surface area contributed by atoms with Gasteiger partial charge in [-0.3, -0.25) is 4.79 Å². The van der Waals surface area contributed by atoms with Gasteiger partial charge in [-0.25, -0.2) is 0 Å². The predicted octanol–water partition coefficient (Wildman–Crippen LogP) is 1.29. The van der Waals surface area contributed by atoms with Gasteiger partial charge in [0.2, 0.25) is 5.91 Å². The van der Waals surface area contributed by atoms with E-state index in [0.29, 0.717) is 6.04 Å². The summed E-state index contributed by atoms with van der Waals surface area (Å²) < 4.78 is 0. The molecule has 1 aliphatic carbocycles. The zero-order valence-electron chi connectivity index (χ0n) is 9.59. The second-order valence-electron chi connectivity index (χ2n) is 4.90. The van der Waals surface area contributed by atoms with E-state index in [-0.39, 0.29) is 11.8 Å². The minimum atomic E-state index is 0.225. The molecule has 0 aromatic heterocycles. The van der Waals surface area contributed by atoms with Gasteiger partial charge >= 0.3 is 0 Å². The van der Waals surface area contributed by atoms with E-state index >= 15 is 0 Å². The maximum atomic E-state index is 11.9. The highest BCUT2D eigenvalue weighted by Gasteiger charge is 2.30. The fourth-order valence-corrected chi connectivity index (χ4v) is 2.89. The molecule has 0 radical (unpaired) electrons. The van der Waals surface area contributed by atoms with Gasteiger partial charge < -0.3 is 10.6 Å². The van der Waals surface area contributed by atoms with Crippen LogP contribution in [-0.4, -0.2) is 25.0 Å². The van der Waals surface area contributed by atoms with Crippen LogP contribution in [0.1, 0.15) is 39.0 Å². The van der Waals surface area contributed by atoms with Crippen LogP contribution in [0.2, 0.25) is 0 Å². The maximum Gasteiger partial charge on any atom is 0.224 e. The Kier molecular flexibility index (Phi) is 3.62. The molecule has 2 aliphatic rings. The smallest absolute Gasteiger partial charge is 0.224 e. The SMILES string of the molecule is CCC1CCCC1NC(=O)C1CCNC1. The molecule has 1 saturated heterocycles. The molecule has 2 fully saturated rings. The standard InChI is InChI=1S/C12H22N2O/c1-2-9-4-3-5-11(9)14-12(15)10-6-7-13-8-10/h9-11,13H,2-8H2,1H3,(H,14,15). The summed E-state index contributed by atoms with van der Waals surface area (Å²) in [6.07, 6.45) is 5.98. The van der Waals surface area contributed by atoms with Crippen molar-refractivity contribution in [3.05, 3.63) is 0 Å². The van der Waals surface area contributed by atoms with Gasteiger partial charge in [0.05, 0.1) is 5.92 Å². The summed E-state index contributed by atoms with van der Waals surface area (Å²) in [6.45, 7) is 4.10. The van der Waals surface area contributed by atoms with Crippen molar-refractivity contribution in [3.8, 4) is 0 Å². The van der Waals surface area contributed by atoms with Crippen molar-refractivity contribution >= 4 is 5.91 Å². The summed E-state index contributed by atoms with van der Waals surface area (Å²) in [5.74, 6) is 1.23. The van der Waals surface area contributed by atoms with Crippen LogP contribution >= 0.6 is 0 Å². The Hall–Kier alpha value is -0.570. The molecule has 2 rings (SSSR count). The van der Waals surface area contributed by atoms with Gasteiger partial charge in [0.1, 0.15) is 0 Å². The van der Waals surface area contributed by atoms with Crippen molar-refractivity contribution < 1.29 is 4.79 Å². The number of rotatable bonds is 3. The van der Waals surface area contributed by atoms with E-state index in [9.17, 15) is 4.79 Å². The average Bonchev–Trinajstić information content (AvgIpc) is 2.87. The van der Waals surface area contributed by atoms with Gasteiger partial charge in [0.15, 0.2) is 0 Å². The van der Waals surface area contributed by atoms with Crippen molar-refractivity contribution in [3.63, 3.8) is 0 Å². The predicted molar refractivity (Wildman–Crippen MR) is 60.5 cm³/mol. The van der Waals surface area contributed by atoms with E-state index in [0.717, 1.165) is 25.4 Å². The number of carbonyl (C=O) groups is 1. The lowest BCUT2D eigenvalue weighted by Crippen LogP contribution is -2.41. The summed E-state index contributed by atoms with van der Waals surface area (Å²) in [5, 5.41) is 6.49. The highest BCUT2D eigenvalue weighted by molar-refractivity contribution is 5.79. The van der Waals surface area contributed by atoms with Crippen LogP contribution in [0.25, 0.3) is 0 Å². The van der Waals surface area contributed by atoms with Gasteiger partial charge in [-0.15, -0.1) is 0 Å². The van der Waals surface area contributed by atoms with E-state index in [1.165, 1.54) is 25.7 Å². The first-order chi connectivity index (χ1) is 7.31. The third-order valence-electron chi connectivity index (χ3n) is 3.94. The molecular weight excluding hydrogens is 188 g/mol. The minimum absolute atomic E-state index is 0.225. The first kappa shape index (κ1) is 10.9. The monoisotopic (exact) mass is 210 g/mol. The fraction of sp³-hybridized carbons (Fsp3) is 0.917. The molecule has 3 unspecified atom stereocenters. The number of nitrogens with one attached hydrogen (secondary N) is 2. The average molecular weight is 210 g/mol. The second kappa shape index (κ2) is 4.97. The largest absolute Gasteiger partial charge is 0.353 e. The van der Waals surface area contributed by atoms with Crippen LogP contribution in [0.4, 0.5) is 0 Å². The van der Waals surface area contributed by atoms with E-state index in [4.69, 9.17) is 0 Å². The number of carbonyl (C=O) groups excluding carboxylic acids is 1. The quantitative estimate of drug-likeness (QED) is 0.737. The maximum absolute atomic E-state index is 11.9. The molecule has 3 atom stereocenters. The van der Waals surface area contributed by atoms with Crippen LogP contribution in [0.5, 0.6) is 0 Å². The van der Waals surface area contributed by atoms with E-state index in [2.05, 4.69) is 17.6 Å². The Balaban J connectivity index is 1.82. The molecular formula is C12H22N2O. The van der Waals surface area contributed by atoms with Crippen molar-refractivity contribution in [1.82, 2.24) is 10.6 Å². The Morgan fingerprint density at radius 3 is 2.93 bits per heavy atom. The first-order valence-corrected chi connectivity index (χ1v) is 6.32. The van der Waals surface area contributed by atoms with Gasteiger partial charge in [-0.05, 0) is 31.7 Å². The summed E-state index contributed by atoms with van der Waals surface area (Å²) in [5.41, 5.74) is 0. The van der Waals surface area contributed by atoms with Crippen molar-refractivity contribution in [2.24, 2.45) is 11.8 Å². The zero-order chi connectivity index (χ0) is 10.7. The Bertz CT molecular complexity index is 224. The molecule has 3 nitrogen and oxygen atoms in total. The molecule has 1 aliphatic heterocycles. The molecule has 3 heteroatoms. The third-order valence-corrected chi connectivity index (χ3v) is 3.94. The fourth-order valence-electron chi connectivity index (χ4n) is 2.89. The highest BCUT2D eigenvalue weighted by atomic mass is 16.2. The van der Waals surface area contributed by atoms with Crippen molar-refractivity contribution in [2.45, 2.75) is 45.1 Å². The van der Waals surface area contributed by atoms with E-state index in [1.54, 1.807) is 0 Å². The molecule has 0 aromatic rings. The molecule has 0 bridgehead atoms. The van der Waals surface area contributed by atoms with Crippen LogP contribution in [0, 0.1) is 11.8 Å². The van der Waals surface area contributed by atoms with Crippen molar-refractivity contribution in [2.75, 3.05) is 13.1 Å². The molecule has 1 heterocycles. The lowest BCUT2D eigenvalue weighted by atomic mass is 9.99. The van der Waals surface area contributed by atoms with Gasteiger partial charge in [0, 0.05) is 12.6 Å². The molecule has 1 saturated carbocycles. The second-order valence-corrected chi connectivity index (χ2v) is 4.90. The molecule has 86 valence electrons. The van der Waals surface area contributed by atoms with Crippen LogP contribution < -0.4 is 10.6 Å². The summed E-state index contributed by atoms with van der Waals surface area (Å²) in [4.78, 5) is 11.9. The number of hydrogen-bond acceptors (Lipinski definition) is 2. The topological polar surface area (TPSA) is 41.1 Å². The van der Waals surface area contributed by atoms with Crippen molar-refractivity contribution in [1.29, 1.82) is 0 Å². The first-order valence-electron chi connectivity index (χ1n) is 6.32. The lowest BCUT2D eigenvalue weighted by molar-refractivity contribution is -0.125. The number of hydrogen-bond donors (Lipinski definition) is 2. The molecule has 0 aromatic carbocycles. The highest BCUT2D eigenvalue weighted by Crippen LogP contribution is 2.28. The summed E-state index contributed by atoms with van der Waals surface area (Å²) in [7, 11) is 0. The summed E-state index contributed by atoms with van der Waals surface area (Å²) >= 11 is 0. The van der Waals surface area contributed by atoms with E-state index < -0.39 is 0 Å². The molecule has 15 heavy (non-hydrogen) atoms. The summed E-state index contributed by atoms with van der Waals surface area (Å²) in [6, 6.07) is 0.461. The molecule has 2 N–H and O–H groups in total. The van der Waals surface area contributed by atoms with Crippen LogP contribution in [0.3, 0.4) is 0 Å². The normalized spacial score (nSPS) is 35.7.